The summed E-state index contributed by atoms with van der Waals surface area (Å²) in [4.78, 5) is 13.6. The van der Waals surface area contributed by atoms with Gasteiger partial charge in [0, 0.05) is 29.9 Å². The molecule has 0 aromatic carbocycles. The van der Waals surface area contributed by atoms with E-state index in [-0.39, 0.29) is 0 Å². The molecule has 1 aliphatic rings. The van der Waals surface area contributed by atoms with E-state index in [1.165, 1.54) is 30.5 Å². The summed E-state index contributed by atoms with van der Waals surface area (Å²) in [5.74, 6) is 1.74. The maximum atomic E-state index is 4.72. The molecule has 0 fully saturated rings. The Kier molecular flexibility index (Phi) is 3.23. The average Bonchev–Trinajstić information content (AvgIpc) is 2.83. The van der Waals surface area contributed by atoms with Gasteiger partial charge in [-0.2, -0.15) is 0 Å². The second-order valence-corrected chi connectivity index (χ2v) is 5.36. The first-order valence-corrected chi connectivity index (χ1v) is 7.24. The molecule has 5 heteroatoms. The van der Waals surface area contributed by atoms with Gasteiger partial charge in [-0.05, 0) is 25.7 Å². The summed E-state index contributed by atoms with van der Waals surface area (Å²) < 4.78 is 0. The van der Waals surface area contributed by atoms with Crippen LogP contribution in [-0.2, 0) is 12.8 Å². The van der Waals surface area contributed by atoms with Crippen molar-refractivity contribution in [1.29, 1.82) is 0 Å². The summed E-state index contributed by atoms with van der Waals surface area (Å²) in [6.45, 7) is 0. The number of fused-ring (bicyclic) bond motifs is 1. The third-order valence-electron chi connectivity index (χ3n) is 3.29. The van der Waals surface area contributed by atoms with Crippen LogP contribution in [0, 0.1) is 0 Å². The molecule has 3 rings (SSSR count). The van der Waals surface area contributed by atoms with Crippen LogP contribution < -0.4 is 5.32 Å². The van der Waals surface area contributed by atoms with Crippen LogP contribution >= 0.6 is 11.3 Å². The molecule has 0 bridgehead atoms. The van der Waals surface area contributed by atoms with Gasteiger partial charge >= 0.3 is 0 Å². The van der Waals surface area contributed by atoms with E-state index in [1.807, 2.05) is 12.4 Å². The quantitative estimate of drug-likeness (QED) is 0.844. The fourth-order valence-corrected chi connectivity index (χ4v) is 2.98. The van der Waals surface area contributed by atoms with E-state index < -0.39 is 0 Å². The van der Waals surface area contributed by atoms with E-state index in [0.717, 1.165) is 29.5 Å². The number of rotatable bonds is 2. The number of anilines is 1. The van der Waals surface area contributed by atoms with Crippen LogP contribution in [0.1, 0.15) is 30.5 Å². The van der Waals surface area contributed by atoms with Gasteiger partial charge in [-0.1, -0.05) is 6.42 Å². The van der Waals surface area contributed by atoms with Crippen LogP contribution in [0.4, 0.5) is 5.82 Å². The lowest BCUT2D eigenvalue weighted by atomic mass is 10.1. The summed E-state index contributed by atoms with van der Waals surface area (Å²) in [5.41, 5.74) is 2.51. The lowest BCUT2D eigenvalue weighted by molar-refractivity contribution is 0.709. The molecule has 2 heterocycles. The zero-order valence-electron chi connectivity index (χ0n) is 10.4. The van der Waals surface area contributed by atoms with Crippen LogP contribution in [0.25, 0.3) is 10.8 Å². The molecule has 0 saturated carbocycles. The predicted molar refractivity (Wildman–Crippen MR) is 73.9 cm³/mol. The van der Waals surface area contributed by atoms with Gasteiger partial charge in [-0.3, -0.25) is 0 Å². The monoisotopic (exact) mass is 260 g/mol. The highest BCUT2D eigenvalue weighted by atomic mass is 32.1. The minimum Gasteiger partial charge on any atom is -0.373 e. The standard InChI is InChI=1S/C13H16N4S/c1-14-11-9-5-3-2-4-6-10(9)16-12(17-11)13-15-7-8-18-13/h7-8H,2-6H2,1H3,(H,14,16,17). The Morgan fingerprint density at radius 1 is 1.17 bits per heavy atom. The van der Waals surface area contributed by atoms with Gasteiger partial charge < -0.3 is 5.32 Å². The van der Waals surface area contributed by atoms with Gasteiger partial charge in [-0.25, -0.2) is 15.0 Å². The first-order valence-electron chi connectivity index (χ1n) is 6.36. The molecule has 0 atom stereocenters. The minimum atomic E-state index is 0.759. The van der Waals surface area contributed by atoms with E-state index in [2.05, 4.69) is 15.3 Å². The second-order valence-electron chi connectivity index (χ2n) is 4.47. The molecule has 0 unspecified atom stereocenters. The molecule has 0 saturated heterocycles. The highest BCUT2D eigenvalue weighted by molar-refractivity contribution is 7.13. The fourth-order valence-electron chi connectivity index (χ4n) is 2.41. The maximum Gasteiger partial charge on any atom is 0.190 e. The predicted octanol–water partition coefficient (Wildman–Crippen LogP) is 2.91. The van der Waals surface area contributed by atoms with E-state index in [0.29, 0.717) is 0 Å². The van der Waals surface area contributed by atoms with Gasteiger partial charge in [0.15, 0.2) is 10.8 Å². The molecule has 1 aliphatic carbocycles. The zero-order chi connectivity index (χ0) is 12.4. The third-order valence-corrected chi connectivity index (χ3v) is 4.06. The Hall–Kier alpha value is -1.49. The summed E-state index contributed by atoms with van der Waals surface area (Å²) in [7, 11) is 1.93. The average molecular weight is 260 g/mol. The van der Waals surface area contributed by atoms with Gasteiger partial charge in [0.25, 0.3) is 0 Å². The highest BCUT2D eigenvalue weighted by Gasteiger charge is 2.17. The van der Waals surface area contributed by atoms with Crippen molar-refractivity contribution >= 4 is 17.2 Å². The second kappa shape index (κ2) is 5.02. The number of hydrogen-bond acceptors (Lipinski definition) is 5. The minimum absolute atomic E-state index is 0.759. The summed E-state index contributed by atoms with van der Waals surface area (Å²) in [5, 5.41) is 6.07. The molecule has 0 spiro atoms. The molecule has 0 radical (unpaired) electrons. The van der Waals surface area contributed by atoms with Gasteiger partial charge in [0.2, 0.25) is 0 Å². The topological polar surface area (TPSA) is 50.7 Å². The van der Waals surface area contributed by atoms with Crippen LogP contribution in [0.3, 0.4) is 0 Å². The summed E-state index contributed by atoms with van der Waals surface area (Å²) in [6.07, 6.45) is 7.70. The maximum absolute atomic E-state index is 4.72. The van der Waals surface area contributed by atoms with Crippen LogP contribution in [-0.4, -0.2) is 22.0 Å². The smallest absolute Gasteiger partial charge is 0.190 e. The molecule has 4 nitrogen and oxygen atoms in total. The van der Waals surface area contributed by atoms with E-state index in [4.69, 9.17) is 4.98 Å². The first kappa shape index (κ1) is 11.6. The Morgan fingerprint density at radius 3 is 2.83 bits per heavy atom. The van der Waals surface area contributed by atoms with Crippen molar-refractivity contribution in [3.63, 3.8) is 0 Å². The van der Waals surface area contributed by atoms with Crippen molar-refractivity contribution in [3.8, 4) is 10.8 Å². The van der Waals surface area contributed by atoms with Crippen molar-refractivity contribution in [3.05, 3.63) is 22.8 Å². The first-order chi connectivity index (χ1) is 8.88. The molecule has 2 aromatic rings. The van der Waals surface area contributed by atoms with Crippen LogP contribution in [0.2, 0.25) is 0 Å². The van der Waals surface area contributed by atoms with E-state index in [1.54, 1.807) is 17.5 Å². The molecular formula is C13H16N4S. The Balaban J connectivity index is 2.10. The largest absolute Gasteiger partial charge is 0.373 e. The van der Waals surface area contributed by atoms with Gasteiger partial charge in [0.05, 0.1) is 0 Å². The number of aromatic nitrogens is 3. The molecule has 94 valence electrons. The van der Waals surface area contributed by atoms with Crippen molar-refractivity contribution in [1.82, 2.24) is 15.0 Å². The fraction of sp³-hybridized carbons (Fsp3) is 0.462. The lowest BCUT2D eigenvalue weighted by Gasteiger charge is -2.11. The van der Waals surface area contributed by atoms with Gasteiger partial charge in [-0.15, -0.1) is 11.3 Å². The molecule has 0 amide bonds. The highest BCUT2D eigenvalue weighted by Crippen LogP contribution is 2.28. The SMILES string of the molecule is CNc1nc(-c2nccs2)nc2c1CCCCC2. The third kappa shape index (κ3) is 2.10. The number of hydrogen-bond donors (Lipinski definition) is 1. The molecule has 2 aromatic heterocycles. The van der Waals surface area contributed by atoms with Crippen molar-refractivity contribution in [2.75, 3.05) is 12.4 Å². The molecular weight excluding hydrogens is 244 g/mol. The van der Waals surface area contributed by atoms with Gasteiger partial charge in [0.1, 0.15) is 5.82 Å². The summed E-state index contributed by atoms with van der Waals surface area (Å²) in [6, 6.07) is 0. The number of nitrogens with zero attached hydrogens (tertiary/aromatic N) is 3. The normalized spacial score (nSPS) is 14.9. The van der Waals surface area contributed by atoms with Crippen molar-refractivity contribution < 1.29 is 0 Å². The van der Waals surface area contributed by atoms with Crippen LogP contribution in [0.15, 0.2) is 11.6 Å². The Morgan fingerprint density at radius 2 is 2.06 bits per heavy atom. The zero-order valence-corrected chi connectivity index (χ0v) is 11.3. The Bertz CT molecular complexity index is 536. The molecule has 0 aliphatic heterocycles. The molecule has 1 N–H and O–H groups in total. The van der Waals surface area contributed by atoms with E-state index in [9.17, 15) is 0 Å². The molecule has 18 heavy (non-hydrogen) atoms. The summed E-state index contributed by atoms with van der Waals surface area (Å²) >= 11 is 1.59. The number of thiazole rings is 1. The number of aryl methyl sites for hydroxylation is 1. The number of nitrogens with one attached hydrogen (secondary N) is 1. The van der Waals surface area contributed by atoms with E-state index >= 15 is 0 Å². The van der Waals surface area contributed by atoms with Crippen molar-refractivity contribution in [2.45, 2.75) is 32.1 Å². The Labute approximate surface area is 111 Å². The van der Waals surface area contributed by atoms with Crippen molar-refractivity contribution in [2.24, 2.45) is 0 Å². The lowest BCUT2D eigenvalue weighted by Crippen LogP contribution is -2.06. The van der Waals surface area contributed by atoms with Crippen LogP contribution in [0.5, 0.6) is 0 Å².